The lowest BCUT2D eigenvalue weighted by atomic mass is 10.3. The average molecular weight is 274 g/mol. The number of anilines is 1. The van der Waals surface area contributed by atoms with Crippen molar-refractivity contribution in [2.24, 2.45) is 5.11 Å². The van der Waals surface area contributed by atoms with Crippen molar-refractivity contribution in [1.29, 1.82) is 0 Å². The lowest BCUT2D eigenvalue weighted by Gasteiger charge is -2.07. The van der Waals surface area contributed by atoms with Crippen LogP contribution in [0.15, 0.2) is 64.6 Å². The van der Waals surface area contributed by atoms with Gasteiger partial charge in [-0.25, -0.2) is 8.42 Å². The molecule has 0 aromatic heterocycles. The molecule has 0 fully saturated rings. The number of nitrogens with one attached hydrogen (secondary N) is 1. The van der Waals surface area contributed by atoms with Gasteiger partial charge in [0.15, 0.2) is 0 Å². The van der Waals surface area contributed by atoms with Crippen LogP contribution in [0.3, 0.4) is 0 Å². The van der Waals surface area contributed by atoms with Crippen molar-refractivity contribution in [2.75, 3.05) is 4.72 Å². The van der Waals surface area contributed by atoms with Gasteiger partial charge in [0, 0.05) is 16.3 Å². The Balaban J connectivity index is 2.27. The summed E-state index contributed by atoms with van der Waals surface area (Å²) in [6, 6.07) is 14.2. The molecule has 0 saturated carbocycles. The third kappa shape index (κ3) is 3.25. The molecule has 7 heteroatoms. The summed E-state index contributed by atoms with van der Waals surface area (Å²) in [5.74, 6) is 0. The second kappa shape index (κ2) is 5.43. The van der Waals surface area contributed by atoms with E-state index in [0.29, 0.717) is 11.4 Å². The summed E-state index contributed by atoms with van der Waals surface area (Å²) in [5.41, 5.74) is 9.12. The number of nitrogens with zero attached hydrogens (tertiary/aromatic N) is 3. The maximum atomic E-state index is 12.1. The molecular weight excluding hydrogens is 264 g/mol. The van der Waals surface area contributed by atoms with Gasteiger partial charge in [-0.15, -0.1) is 0 Å². The minimum atomic E-state index is -3.63. The topological polar surface area (TPSA) is 94.9 Å². The first kappa shape index (κ1) is 12.9. The van der Waals surface area contributed by atoms with Crippen LogP contribution in [0.5, 0.6) is 0 Å². The van der Waals surface area contributed by atoms with E-state index in [2.05, 4.69) is 14.7 Å². The molecule has 0 radical (unpaired) electrons. The Hall–Kier alpha value is -2.50. The molecule has 1 N–H and O–H groups in total. The molecule has 0 aliphatic carbocycles. The van der Waals surface area contributed by atoms with Gasteiger partial charge in [0.05, 0.1) is 4.90 Å². The monoisotopic (exact) mass is 274 g/mol. The molecule has 2 aromatic rings. The van der Waals surface area contributed by atoms with Gasteiger partial charge in [0.2, 0.25) is 0 Å². The predicted molar refractivity (Wildman–Crippen MR) is 72.5 cm³/mol. The molecule has 0 unspecified atom stereocenters. The zero-order valence-electron chi connectivity index (χ0n) is 9.76. The van der Waals surface area contributed by atoms with E-state index in [0.717, 1.165) is 0 Å². The Kier molecular flexibility index (Phi) is 3.70. The van der Waals surface area contributed by atoms with Crippen molar-refractivity contribution < 1.29 is 8.42 Å². The van der Waals surface area contributed by atoms with Crippen LogP contribution in [0.1, 0.15) is 0 Å². The van der Waals surface area contributed by atoms with Crippen LogP contribution in [0.25, 0.3) is 10.4 Å². The highest BCUT2D eigenvalue weighted by atomic mass is 32.2. The smallest absolute Gasteiger partial charge is 0.261 e. The molecule has 0 aliphatic rings. The first-order chi connectivity index (χ1) is 9.12. The maximum Gasteiger partial charge on any atom is 0.261 e. The minimum absolute atomic E-state index is 0.105. The van der Waals surface area contributed by atoms with E-state index < -0.39 is 10.0 Å². The fourth-order valence-electron chi connectivity index (χ4n) is 1.46. The van der Waals surface area contributed by atoms with Crippen LogP contribution < -0.4 is 4.72 Å². The van der Waals surface area contributed by atoms with Gasteiger partial charge in [0.1, 0.15) is 0 Å². The first-order valence-corrected chi connectivity index (χ1v) is 6.83. The number of azide groups is 1. The molecular formula is C12H10N4O2S. The summed E-state index contributed by atoms with van der Waals surface area (Å²) < 4.78 is 26.6. The van der Waals surface area contributed by atoms with Gasteiger partial charge in [-0.05, 0) is 29.8 Å². The number of hydrogen-bond acceptors (Lipinski definition) is 3. The summed E-state index contributed by atoms with van der Waals surface area (Å²) in [5, 5.41) is 3.38. The molecule has 0 amide bonds. The Bertz CT molecular complexity index is 705. The van der Waals surface area contributed by atoms with Crippen molar-refractivity contribution in [3.63, 3.8) is 0 Å². The SMILES string of the molecule is [N-]=[N+]=Nc1ccc(S(=O)(=O)Nc2ccccc2)cc1. The van der Waals surface area contributed by atoms with Crippen molar-refractivity contribution >= 4 is 21.4 Å². The van der Waals surface area contributed by atoms with Crippen molar-refractivity contribution in [1.82, 2.24) is 0 Å². The zero-order chi connectivity index (χ0) is 13.7. The fourth-order valence-corrected chi connectivity index (χ4v) is 2.52. The summed E-state index contributed by atoms with van der Waals surface area (Å²) in [6.07, 6.45) is 0. The zero-order valence-corrected chi connectivity index (χ0v) is 10.6. The van der Waals surface area contributed by atoms with Gasteiger partial charge in [-0.2, -0.15) is 0 Å². The van der Waals surface area contributed by atoms with Gasteiger partial charge in [-0.1, -0.05) is 35.4 Å². The Morgan fingerprint density at radius 3 is 2.21 bits per heavy atom. The molecule has 0 heterocycles. The minimum Gasteiger partial charge on any atom is -0.280 e. The van der Waals surface area contributed by atoms with Gasteiger partial charge in [-0.3, -0.25) is 4.72 Å². The standard InChI is InChI=1S/C12H10N4O2S/c13-16-14-10-6-8-12(9-7-10)19(17,18)15-11-4-2-1-3-5-11/h1-9,15H. The highest BCUT2D eigenvalue weighted by Gasteiger charge is 2.13. The van der Waals surface area contributed by atoms with Gasteiger partial charge < -0.3 is 0 Å². The molecule has 0 aliphatic heterocycles. The highest BCUT2D eigenvalue weighted by Crippen LogP contribution is 2.19. The number of rotatable bonds is 4. The van der Waals surface area contributed by atoms with Gasteiger partial charge in [0.25, 0.3) is 10.0 Å². The Morgan fingerprint density at radius 1 is 1.00 bits per heavy atom. The summed E-state index contributed by atoms with van der Waals surface area (Å²) >= 11 is 0. The Morgan fingerprint density at radius 2 is 1.63 bits per heavy atom. The first-order valence-electron chi connectivity index (χ1n) is 5.35. The summed E-state index contributed by atoms with van der Waals surface area (Å²) in [4.78, 5) is 2.73. The highest BCUT2D eigenvalue weighted by molar-refractivity contribution is 7.92. The van der Waals surface area contributed by atoms with Crippen LogP contribution in [0.2, 0.25) is 0 Å². The van der Waals surface area contributed by atoms with Crippen LogP contribution >= 0.6 is 0 Å². The number of sulfonamides is 1. The van der Waals surface area contributed by atoms with Crippen LogP contribution in [0.4, 0.5) is 11.4 Å². The van der Waals surface area contributed by atoms with Gasteiger partial charge >= 0.3 is 0 Å². The summed E-state index contributed by atoms with van der Waals surface area (Å²) in [7, 11) is -3.63. The van der Waals surface area contributed by atoms with E-state index in [9.17, 15) is 8.42 Å². The summed E-state index contributed by atoms with van der Waals surface area (Å²) in [6.45, 7) is 0. The second-order valence-corrected chi connectivity index (χ2v) is 5.34. The number of para-hydroxylation sites is 1. The van der Waals surface area contributed by atoms with Crippen molar-refractivity contribution in [3.05, 3.63) is 65.0 Å². The molecule has 2 aromatic carbocycles. The van der Waals surface area contributed by atoms with E-state index in [1.165, 1.54) is 24.3 Å². The molecule has 19 heavy (non-hydrogen) atoms. The third-order valence-electron chi connectivity index (χ3n) is 2.33. The molecule has 0 spiro atoms. The van der Waals surface area contributed by atoms with Crippen molar-refractivity contribution in [3.8, 4) is 0 Å². The average Bonchev–Trinajstić information content (AvgIpc) is 2.40. The third-order valence-corrected chi connectivity index (χ3v) is 3.73. The largest absolute Gasteiger partial charge is 0.280 e. The van der Waals surface area contributed by atoms with E-state index in [-0.39, 0.29) is 4.90 Å². The normalized spacial score (nSPS) is 10.5. The number of benzene rings is 2. The maximum absolute atomic E-state index is 12.1. The van der Waals surface area contributed by atoms with Crippen LogP contribution in [-0.4, -0.2) is 8.42 Å². The van der Waals surface area contributed by atoms with E-state index >= 15 is 0 Å². The molecule has 0 saturated heterocycles. The van der Waals surface area contributed by atoms with Crippen LogP contribution in [-0.2, 0) is 10.0 Å². The Labute approximate surface area is 110 Å². The van der Waals surface area contributed by atoms with Crippen LogP contribution in [0, 0.1) is 0 Å². The molecule has 2 rings (SSSR count). The lowest BCUT2D eigenvalue weighted by Crippen LogP contribution is -2.12. The van der Waals surface area contributed by atoms with E-state index in [1.807, 2.05) is 0 Å². The lowest BCUT2D eigenvalue weighted by molar-refractivity contribution is 0.601. The number of hydrogen-bond donors (Lipinski definition) is 1. The molecule has 6 nitrogen and oxygen atoms in total. The quantitative estimate of drug-likeness (QED) is 0.525. The van der Waals surface area contributed by atoms with E-state index in [1.54, 1.807) is 30.3 Å². The van der Waals surface area contributed by atoms with E-state index in [4.69, 9.17) is 5.53 Å². The second-order valence-electron chi connectivity index (χ2n) is 3.65. The predicted octanol–water partition coefficient (Wildman–Crippen LogP) is 3.43. The molecule has 96 valence electrons. The van der Waals surface area contributed by atoms with Crippen molar-refractivity contribution in [2.45, 2.75) is 4.90 Å². The molecule has 0 bridgehead atoms. The fraction of sp³-hybridized carbons (Fsp3) is 0. The molecule has 0 atom stereocenters.